The van der Waals surface area contributed by atoms with Crippen LogP contribution in [-0.4, -0.2) is 16.5 Å². The van der Waals surface area contributed by atoms with E-state index in [0.717, 1.165) is 24.6 Å². The first-order chi connectivity index (χ1) is 10.4. The Morgan fingerprint density at radius 2 is 2.05 bits per heavy atom. The van der Waals surface area contributed by atoms with Crippen LogP contribution in [0.4, 0.5) is 13.2 Å². The van der Waals surface area contributed by atoms with Crippen molar-refractivity contribution in [2.24, 2.45) is 0 Å². The van der Waals surface area contributed by atoms with Gasteiger partial charge in [-0.05, 0) is 30.7 Å². The van der Waals surface area contributed by atoms with Crippen molar-refractivity contribution >= 4 is 11.8 Å². The molecule has 1 heterocycles. The number of aromatic hydroxyl groups is 1. The minimum Gasteiger partial charge on any atom is -0.506 e. The molecule has 0 radical (unpaired) electrons. The highest BCUT2D eigenvalue weighted by atomic mass is 32.2. The van der Waals surface area contributed by atoms with Gasteiger partial charge in [0.1, 0.15) is 17.1 Å². The van der Waals surface area contributed by atoms with E-state index in [4.69, 9.17) is 4.52 Å². The highest BCUT2D eigenvalue weighted by Gasteiger charge is 2.38. The lowest BCUT2D eigenvalue weighted by molar-refractivity contribution is -0.139. The van der Waals surface area contributed by atoms with E-state index in [0.29, 0.717) is 11.3 Å². The fourth-order valence-electron chi connectivity index (χ4n) is 2.53. The highest BCUT2D eigenvalue weighted by Crippen LogP contribution is 2.45. The van der Waals surface area contributed by atoms with Gasteiger partial charge in [-0.15, -0.1) is 11.8 Å². The predicted molar refractivity (Wildman–Crippen MR) is 76.2 cm³/mol. The monoisotopic (exact) mass is 329 g/mol. The Bertz CT molecular complexity index is 693. The van der Waals surface area contributed by atoms with Gasteiger partial charge in [0.2, 0.25) is 0 Å². The van der Waals surface area contributed by atoms with Crippen LogP contribution < -0.4 is 0 Å². The molecule has 1 aromatic carbocycles. The van der Waals surface area contributed by atoms with Gasteiger partial charge in [-0.3, -0.25) is 0 Å². The van der Waals surface area contributed by atoms with Crippen molar-refractivity contribution in [1.82, 2.24) is 5.16 Å². The van der Waals surface area contributed by atoms with E-state index in [1.54, 1.807) is 6.26 Å². The second-order valence-electron chi connectivity index (χ2n) is 5.31. The quantitative estimate of drug-likeness (QED) is 0.834. The molecule has 1 fully saturated rings. The molecule has 1 saturated carbocycles. The number of hydrogen-bond acceptors (Lipinski definition) is 4. The van der Waals surface area contributed by atoms with Crippen molar-refractivity contribution in [2.75, 3.05) is 6.26 Å². The standard InChI is InChI=1S/C15H14F3NO2S/c1-22-11-5-4-9(12(13(11)20)15(16,17)18)6-10-7-19-21-14(10)8-2-3-8/h4-5,7-8,20H,2-3,6H2,1H3. The van der Waals surface area contributed by atoms with Crippen LogP contribution in [0.15, 0.2) is 27.7 Å². The number of halogens is 3. The second-order valence-corrected chi connectivity index (χ2v) is 6.16. The van der Waals surface area contributed by atoms with Crippen molar-refractivity contribution in [1.29, 1.82) is 0 Å². The first-order valence-corrected chi connectivity index (χ1v) is 8.03. The zero-order chi connectivity index (χ0) is 15.9. The van der Waals surface area contributed by atoms with Crippen LogP contribution in [0, 0.1) is 0 Å². The van der Waals surface area contributed by atoms with Crippen molar-refractivity contribution in [2.45, 2.75) is 36.3 Å². The van der Waals surface area contributed by atoms with E-state index in [9.17, 15) is 18.3 Å². The van der Waals surface area contributed by atoms with Crippen LogP contribution in [0.25, 0.3) is 0 Å². The van der Waals surface area contributed by atoms with Crippen LogP contribution in [0.5, 0.6) is 5.75 Å². The van der Waals surface area contributed by atoms with Gasteiger partial charge in [0.15, 0.2) is 0 Å². The highest BCUT2D eigenvalue weighted by molar-refractivity contribution is 7.98. The number of rotatable bonds is 4. The molecule has 0 amide bonds. The van der Waals surface area contributed by atoms with E-state index < -0.39 is 17.5 Å². The van der Waals surface area contributed by atoms with Gasteiger partial charge >= 0.3 is 6.18 Å². The van der Waals surface area contributed by atoms with Crippen molar-refractivity contribution in [3.8, 4) is 5.75 Å². The fraction of sp³-hybridized carbons (Fsp3) is 0.400. The number of thioether (sulfide) groups is 1. The first-order valence-electron chi connectivity index (χ1n) is 6.81. The summed E-state index contributed by atoms with van der Waals surface area (Å²) >= 11 is 1.08. The number of benzene rings is 1. The summed E-state index contributed by atoms with van der Waals surface area (Å²) in [6.07, 6.45) is 0.484. The summed E-state index contributed by atoms with van der Waals surface area (Å²) in [4.78, 5) is 0.212. The van der Waals surface area contributed by atoms with E-state index in [1.807, 2.05) is 0 Å². The number of alkyl halides is 3. The summed E-state index contributed by atoms with van der Waals surface area (Å²) < 4.78 is 45.1. The molecule has 1 aliphatic rings. The molecule has 3 rings (SSSR count). The van der Waals surface area contributed by atoms with Crippen LogP contribution in [0.1, 0.15) is 41.2 Å². The van der Waals surface area contributed by atoms with Gasteiger partial charge < -0.3 is 9.63 Å². The maximum absolute atomic E-state index is 13.3. The topological polar surface area (TPSA) is 46.3 Å². The van der Waals surface area contributed by atoms with Gasteiger partial charge in [-0.25, -0.2) is 0 Å². The number of phenols is 1. The molecule has 1 aliphatic carbocycles. The smallest absolute Gasteiger partial charge is 0.420 e. The summed E-state index contributed by atoms with van der Waals surface area (Å²) in [6.45, 7) is 0. The maximum atomic E-state index is 13.3. The Hall–Kier alpha value is -1.63. The van der Waals surface area contributed by atoms with E-state index in [1.165, 1.54) is 18.3 Å². The predicted octanol–water partition coefficient (Wildman–Crippen LogP) is 4.59. The first kappa shape index (κ1) is 15.3. The summed E-state index contributed by atoms with van der Waals surface area (Å²) in [5.74, 6) is 0.231. The Kier molecular flexibility index (Phi) is 3.84. The van der Waals surface area contributed by atoms with Crippen LogP contribution >= 0.6 is 11.8 Å². The van der Waals surface area contributed by atoms with E-state index in [2.05, 4.69) is 5.16 Å². The summed E-state index contributed by atoms with van der Waals surface area (Å²) in [6, 6.07) is 2.92. The minimum absolute atomic E-state index is 0.0351. The largest absolute Gasteiger partial charge is 0.506 e. The molecule has 0 unspecified atom stereocenters. The zero-order valence-corrected chi connectivity index (χ0v) is 12.6. The zero-order valence-electron chi connectivity index (χ0n) is 11.8. The molecule has 1 aromatic heterocycles. The second kappa shape index (κ2) is 5.53. The Morgan fingerprint density at radius 1 is 1.32 bits per heavy atom. The number of hydrogen-bond donors (Lipinski definition) is 1. The molecule has 118 valence electrons. The molecular weight excluding hydrogens is 315 g/mol. The average molecular weight is 329 g/mol. The van der Waals surface area contributed by atoms with Gasteiger partial charge in [-0.2, -0.15) is 13.2 Å². The Balaban J connectivity index is 2.03. The van der Waals surface area contributed by atoms with Crippen molar-refractivity contribution < 1.29 is 22.8 Å². The Morgan fingerprint density at radius 3 is 2.64 bits per heavy atom. The molecule has 0 bridgehead atoms. The third-order valence-corrected chi connectivity index (χ3v) is 4.50. The molecule has 22 heavy (non-hydrogen) atoms. The van der Waals surface area contributed by atoms with Crippen LogP contribution in [-0.2, 0) is 12.6 Å². The third kappa shape index (κ3) is 2.82. The molecule has 1 N–H and O–H groups in total. The average Bonchev–Trinajstić information content (AvgIpc) is 3.18. The third-order valence-electron chi connectivity index (χ3n) is 3.74. The van der Waals surface area contributed by atoms with Gasteiger partial charge in [0.05, 0.1) is 6.20 Å². The Labute approximate surface area is 129 Å². The molecule has 0 spiro atoms. The lowest BCUT2D eigenvalue weighted by Crippen LogP contribution is -2.10. The molecule has 0 saturated heterocycles. The molecule has 2 aromatic rings. The van der Waals surface area contributed by atoms with Crippen LogP contribution in [0.2, 0.25) is 0 Å². The maximum Gasteiger partial charge on any atom is 0.420 e. The minimum atomic E-state index is -4.61. The van der Waals surface area contributed by atoms with E-state index >= 15 is 0 Å². The SMILES string of the molecule is CSc1ccc(Cc2cnoc2C2CC2)c(C(F)(F)F)c1O. The normalized spacial score (nSPS) is 15.3. The number of nitrogens with zero attached hydrogens (tertiary/aromatic N) is 1. The lowest BCUT2D eigenvalue weighted by atomic mass is 9.98. The van der Waals surface area contributed by atoms with Crippen molar-refractivity contribution in [3.05, 3.63) is 40.8 Å². The number of phenolic OH excluding ortho intramolecular Hbond substituents is 1. The van der Waals surface area contributed by atoms with Crippen molar-refractivity contribution in [3.63, 3.8) is 0 Å². The molecule has 0 aliphatic heterocycles. The molecular formula is C15H14F3NO2S. The molecule has 3 nitrogen and oxygen atoms in total. The van der Waals surface area contributed by atoms with Gasteiger partial charge in [0.25, 0.3) is 0 Å². The molecule has 0 atom stereocenters. The lowest BCUT2D eigenvalue weighted by Gasteiger charge is -2.16. The summed E-state index contributed by atoms with van der Waals surface area (Å²) in [5.41, 5.74) is -0.278. The van der Waals surface area contributed by atoms with E-state index in [-0.39, 0.29) is 22.8 Å². The summed E-state index contributed by atoms with van der Waals surface area (Å²) in [7, 11) is 0. The van der Waals surface area contributed by atoms with Crippen LogP contribution in [0.3, 0.4) is 0 Å². The summed E-state index contributed by atoms with van der Waals surface area (Å²) in [5, 5.41) is 13.6. The molecule has 7 heteroatoms. The fourth-order valence-corrected chi connectivity index (χ4v) is 3.03. The van der Waals surface area contributed by atoms with Gasteiger partial charge in [-0.1, -0.05) is 11.2 Å². The number of aromatic nitrogens is 1. The van der Waals surface area contributed by atoms with Gasteiger partial charge in [0, 0.05) is 22.8 Å².